The summed E-state index contributed by atoms with van der Waals surface area (Å²) < 4.78 is 1.78. The number of amides is 2. The van der Waals surface area contributed by atoms with Crippen LogP contribution in [0, 0.1) is 5.92 Å². The zero-order valence-corrected chi connectivity index (χ0v) is 18.3. The van der Waals surface area contributed by atoms with E-state index in [4.69, 9.17) is 0 Å². The van der Waals surface area contributed by atoms with Crippen LogP contribution in [-0.2, 0) is 11.3 Å². The zero-order chi connectivity index (χ0) is 21.5. The van der Waals surface area contributed by atoms with Gasteiger partial charge < -0.3 is 15.1 Å². The van der Waals surface area contributed by atoms with Gasteiger partial charge in [0.25, 0.3) is 5.91 Å². The lowest BCUT2D eigenvalue weighted by Crippen LogP contribution is -2.41. The van der Waals surface area contributed by atoms with Crippen molar-refractivity contribution in [3.05, 3.63) is 42.2 Å². The van der Waals surface area contributed by atoms with Crippen molar-refractivity contribution >= 4 is 23.2 Å². The Morgan fingerprint density at radius 3 is 2.40 bits per heavy atom. The number of aromatic nitrogens is 2. The molecule has 3 rings (SSSR count). The summed E-state index contributed by atoms with van der Waals surface area (Å²) in [6, 6.07) is 7.90. The number of benzene rings is 1. The van der Waals surface area contributed by atoms with Crippen LogP contribution in [0.4, 0.5) is 11.4 Å². The molecule has 0 spiro atoms. The lowest BCUT2D eigenvalue weighted by Gasteiger charge is -2.31. The lowest BCUT2D eigenvalue weighted by atomic mass is 9.95. The molecular weight excluding hydrogens is 378 g/mol. The van der Waals surface area contributed by atoms with Crippen LogP contribution in [0.1, 0.15) is 50.4 Å². The fourth-order valence-electron chi connectivity index (χ4n) is 3.93. The molecule has 1 aromatic carbocycles. The first-order valence-electron chi connectivity index (χ1n) is 11.0. The third kappa shape index (κ3) is 5.20. The molecule has 1 fully saturated rings. The molecule has 7 nitrogen and oxygen atoms in total. The maximum Gasteiger partial charge on any atom is 0.253 e. The van der Waals surface area contributed by atoms with Crippen LogP contribution in [0.25, 0.3) is 0 Å². The molecule has 162 valence electrons. The molecule has 1 aliphatic rings. The number of anilines is 2. The molecule has 0 unspecified atom stereocenters. The van der Waals surface area contributed by atoms with E-state index in [0.29, 0.717) is 31.5 Å². The van der Waals surface area contributed by atoms with Gasteiger partial charge in [0.15, 0.2) is 0 Å². The zero-order valence-electron chi connectivity index (χ0n) is 18.3. The molecule has 7 heteroatoms. The first-order chi connectivity index (χ1) is 14.5. The maximum atomic E-state index is 12.9. The van der Waals surface area contributed by atoms with Gasteiger partial charge >= 0.3 is 0 Å². The van der Waals surface area contributed by atoms with Crippen LogP contribution >= 0.6 is 0 Å². The van der Waals surface area contributed by atoms with Crippen molar-refractivity contribution in [3.63, 3.8) is 0 Å². The molecule has 2 heterocycles. The van der Waals surface area contributed by atoms with E-state index in [-0.39, 0.29) is 17.7 Å². The second-order valence-corrected chi connectivity index (χ2v) is 7.77. The van der Waals surface area contributed by atoms with Gasteiger partial charge in [-0.25, -0.2) is 0 Å². The SMILES string of the molecule is CCCN(CC)c1ccc(C(=O)N2CCC(C(=O)Nc3cnn(CC)c3)CC2)cc1. The summed E-state index contributed by atoms with van der Waals surface area (Å²) in [5, 5.41) is 7.12. The van der Waals surface area contributed by atoms with E-state index in [1.807, 2.05) is 42.3 Å². The van der Waals surface area contributed by atoms with Gasteiger partial charge in [-0.1, -0.05) is 6.92 Å². The van der Waals surface area contributed by atoms with Crippen molar-refractivity contribution in [3.8, 4) is 0 Å². The number of aryl methyl sites for hydroxylation is 1. The Labute approximate surface area is 179 Å². The fourth-order valence-corrected chi connectivity index (χ4v) is 3.93. The van der Waals surface area contributed by atoms with Gasteiger partial charge in [0, 0.05) is 56.1 Å². The summed E-state index contributed by atoms with van der Waals surface area (Å²) in [5.41, 5.74) is 2.59. The Balaban J connectivity index is 1.52. The molecule has 1 aromatic heterocycles. The molecule has 0 atom stereocenters. The summed E-state index contributed by atoms with van der Waals surface area (Å²) in [4.78, 5) is 29.6. The number of nitrogens with one attached hydrogen (secondary N) is 1. The van der Waals surface area contributed by atoms with Gasteiger partial charge in [0.05, 0.1) is 11.9 Å². The van der Waals surface area contributed by atoms with Crippen LogP contribution in [0.2, 0.25) is 0 Å². The van der Waals surface area contributed by atoms with Crippen LogP contribution in [0.3, 0.4) is 0 Å². The second kappa shape index (κ2) is 10.3. The first-order valence-corrected chi connectivity index (χ1v) is 11.0. The Kier molecular flexibility index (Phi) is 7.49. The van der Waals surface area contributed by atoms with Crippen molar-refractivity contribution in [1.82, 2.24) is 14.7 Å². The molecule has 0 aliphatic carbocycles. The molecule has 0 bridgehead atoms. The van der Waals surface area contributed by atoms with E-state index in [0.717, 1.165) is 37.4 Å². The van der Waals surface area contributed by atoms with Crippen LogP contribution in [0.15, 0.2) is 36.7 Å². The van der Waals surface area contributed by atoms with Gasteiger partial charge in [0.2, 0.25) is 5.91 Å². The van der Waals surface area contributed by atoms with Crippen LogP contribution < -0.4 is 10.2 Å². The summed E-state index contributed by atoms with van der Waals surface area (Å²) in [7, 11) is 0. The van der Waals surface area contributed by atoms with Gasteiger partial charge in [-0.3, -0.25) is 14.3 Å². The largest absolute Gasteiger partial charge is 0.372 e. The second-order valence-electron chi connectivity index (χ2n) is 7.77. The third-order valence-electron chi connectivity index (χ3n) is 5.73. The Morgan fingerprint density at radius 1 is 1.13 bits per heavy atom. The quantitative estimate of drug-likeness (QED) is 0.720. The number of piperidine rings is 1. The Bertz CT molecular complexity index is 838. The van der Waals surface area contributed by atoms with Gasteiger partial charge in [-0.15, -0.1) is 0 Å². The van der Waals surface area contributed by atoms with E-state index in [1.165, 1.54) is 0 Å². The summed E-state index contributed by atoms with van der Waals surface area (Å²) in [5.74, 6) is -0.0191. The number of nitrogens with zero attached hydrogens (tertiary/aromatic N) is 4. The van der Waals surface area contributed by atoms with E-state index in [9.17, 15) is 9.59 Å². The monoisotopic (exact) mass is 411 g/mol. The standard InChI is InChI=1S/C23H33N5O2/c1-4-13-26(5-2)21-9-7-19(8-10-21)23(30)27-14-11-18(12-15-27)22(29)25-20-16-24-28(6-3)17-20/h7-10,16-18H,4-6,11-15H2,1-3H3,(H,25,29). The van der Waals surface area contributed by atoms with Crippen molar-refractivity contribution in [2.45, 2.75) is 46.6 Å². The molecule has 30 heavy (non-hydrogen) atoms. The number of hydrogen-bond donors (Lipinski definition) is 1. The van der Waals surface area contributed by atoms with Crippen LogP contribution in [-0.4, -0.2) is 52.7 Å². The highest BCUT2D eigenvalue weighted by Gasteiger charge is 2.28. The molecule has 2 aromatic rings. The van der Waals surface area contributed by atoms with E-state index < -0.39 is 0 Å². The molecule has 0 saturated carbocycles. The smallest absolute Gasteiger partial charge is 0.253 e. The van der Waals surface area contributed by atoms with Gasteiger partial charge in [-0.2, -0.15) is 5.10 Å². The summed E-state index contributed by atoms with van der Waals surface area (Å²) in [6.45, 7) is 10.3. The number of hydrogen-bond acceptors (Lipinski definition) is 4. The molecule has 1 N–H and O–H groups in total. The van der Waals surface area contributed by atoms with Gasteiger partial charge in [-0.05, 0) is 57.4 Å². The average Bonchev–Trinajstić information content (AvgIpc) is 3.24. The minimum Gasteiger partial charge on any atom is -0.372 e. The topological polar surface area (TPSA) is 70.5 Å². The highest BCUT2D eigenvalue weighted by atomic mass is 16.2. The lowest BCUT2D eigenvalue weighted by molar-refractivity contribution is -0.121. The normalized spacial score (nSPS) is 14.6. The highest BCUT2D eigenvalue weighted by molar-refractivity contribution is 5.95. The van der Waals surface area contributed by atoms with Crippen molar-refractivity contribution in [1.29, 1.82) is 0 Å². The average molecular weight is 412 g/mol. The number of likely N-dealkylation sites (tertiary alicyclic amines) is 1. The fraction of sp³-hybridized carbons (Fsp3) is 0.522. The highest BCUT2D eigenvalue weighted by Crippen LogP contribution is 2.22. The minimum absolute atomic E-state index is 0.0117. The predicted molar refractivity (Wildman–Crippen MR) is 120 cm³/mol. The Hall–Kier alpha value is -2.83. The van der Waals surface area contributed by atoms with Crippen molar-refractivity contribution in [2.24, 2.45) is 5.92 Å². The van der Waals surface area contributed by atoms with E-state index in [2.05, 4.69) is 29.2 Å². The Morgan fingerprint density at radius 2 is 1.83 bits per heavy atom. The van der Waals surface area contributed by atoms with Crippen LogP contribution in [0.5, 0.6) is 0 Å². The maximum absolute atomic E-state index is 12.9. The molecule has 1 aliphatic heterocycles. The van der Waals surface area contributed by atoms with Crippen molar-refractivity contribution < 1.29 is 9.59 Å². The number of rotatable bonds is 8. The first kappa shape index (κ1) is 21.9. The predicted octanol–water partition coefficient (Wildman–Crippen LogP) is 3.63. The third-order valence-corrected chi connectivity index (χ3v) is 5.73. The van der Waals surface area contributed by atoms with E-state index in [1.54, 1.807) is 10.9 Å². The molecular formula is C23H33N5O2. The van der Waals surface area contributed by atoms with Gasteiger partial charge in [0.1, 0.15) is 0 Å². The summed E-state index contributed by atoms with van der Waals surface area (Å²) >= 11 is 0. The molecule has 1 saturated heterocycles. The minimum atomic E-state index is -0.0754. The summed E-state index contributed by atoms with van der Waals surface area (Å²) in [6.07, 6.45) is 5.96. The number of carbonyl (C=O) groups is 2. The molecule has 2 amide bonds. The van der Waals surface area contributed by atoms with E-state index >= 15 is 0 Å². The van der Waals surface area contributed by atoms with Crippen molar-refractivity contribution in [2.75, 3.05) is 36.4 Å². The molecule has 0 radical (unpaired) electrons. The number of carbonyl (C=O) groups excluding carboxylic acids is 2.